The molecule has 1 saturated heterocycles. The summed E-state index contributed by atoms with van der Waals surface area (Å²) in [5.74, 6) is -0.103. The maximum Gasteiger partial charge on any atom is 0.416 e. The summed E-state index contributed by atoms with van der Waals surface area (Å²) in [4.78, 5) is 31.1. The van der Waals surface area contributed by atoms with E-state index in [9.17, 15) is 22.8 Å². The summed E-state index contributed by atoms with van der Waals surface area (Å²) < 4.78 is 44.3. The van der Waals surface area contributed by atoms with Crippen molar-refractivity contribution >= 4 is 28.7 Å². The summed E-state index contributed by atoms with van der Waals surface area (Å²) in [5, 5.41) is 3.34. The number of carbonyl (C=O) groups is 2. The van der Waals surface area contributed by atoms with Crippen molar-refractivity contribution in [3.8, 4) is 0 Å². The van der Waals surface area contributed by atoms with E-state index < -0.39 is 22.5 Å². The highest BCUT2D eigenvalue weighted by Gasteiger charge is 2.44. The van der Waals surface area contributed by atoms with Gasteiger partial charge >= 0.3 is 6.18 Å². The van der Waals surface area contributed by atoms with Gasteiger partial charge in [-0.25, -0.2) is 0 Å². The maximum atomic E-state index is 13.4. The lowest BCUT2D eigenvalue weighted by atomic mass is 9.87. The molecule has 2 aliphatic rings. The summed E-state index contributed by atoms with van der Waals surface area (Å²) in [7, 11) is 0. The molecule has 3 heterocycles. The van der Waals surface area contributed by atoms with Gasteiger partial charge in [-0.3, -0.25) is 9.59 Å². The molecule has 0 bridgehead atoms. The number of carbonyl (C=O) groups excluding carboxylic acids is 2. The number of likely N-dealkylation sites (tertiary alicyclic amines) is 1. The van der Waals surface area contributed by atoms with Crippen LogP contribution in [0.15, 0.2) is 52.3 Å². The molecule has 2 aromatic rings. The Morgan fingerprint density at radius 3 is 2.65 bits per heavy atom. The van der Waals surface area contributed by atoms with Gasteiger partial charge in [-0.2, -0.15) is 18.2 Å². The zero-order valence-corrected chi connectivity index (χ0v) is 19.7. The summed E-state index contributed by atoms with van der Waals surface area (Å²) in [6.45, 7) is 4.65. The second-order valence-corrected chi connectivity index (χ2v) is 10.4. The smallest absolute Gasteiger partial charge is 0.416 e. The lowest BCUT2D eigenvalue weighted by Gasteiger charge is -2.34. The van der Waals surface area contributed by atoms with Crippen LogP contribution in [-0.4, -0.2) is 39.7 Å². The highest BCUT2D eigenvalue weighted by molar-refractivity contribution is 8.16. The van der Waals surface area contributed by atoms with Gasteiger partial charge in [0.05, 0.1) is 23.4 Å². The average molecular weight is 494 g/mol. The molecule has 0 spiro atoms. The first-order valence-electron chi connectivity index (χ1n) is 11.1. The molecular weight excluding hydrogens is 467 g/mol. The minimum absolute atomic E-state index is 0.0623. The van der Waals surface area contributed by atoms with Gasteiger partial charge in [0.25, 0.3) is 11.8 Å². The Morgan fingerprint density at radius 2 is 2.00 bits per heavy atom. The standard InChI is InChI=1S/C24H26F3N3O3S/c1-15(18-5-3-4-6-19(18)24(25,26)27)28-22-29-21(32)23(2,34-22)13-16-7-10-30(11-8-16)20(31)17-9-12-33-14-17/h3-6,9,12,14-16H,7-8,10-11,13H2,1-2H3,(H,28,29,32)/t15-,23?/m0/s1. The van der Waals surface area contributed by atoms with Crippen molar-refractivity contribution in [3.63, 3.8) is 0 Å². The number of hydrogen-bond donors (Lipinski definition) is 1. The minimum Gasteiger partial charge on any atom is -0.472 e. The molecule has 6 nitrogen and oxygen atoms in total. The Bertz CT molecular complexity index is 1080. The fraction of sp³-hybridized carbons (Fsp3) is 0.458. The second kappa shape index (κ2) is 9.48. The van der Waals surface area contributed by atoms with Crippen LogP contribution >= 0.6 is 11.8 Å². The van der Waals surface area contributed by atoms with Gasteiger partial charge in [0.1, 0.15) is 11.0 Å². The van der Waals surface area contributed by atoms with E-state index in [0.29, 0.717) is 30.2 Å². The van der Waals surface area contributed by atoms with Gasteiger partial charge in [0, 0.05) is 13.1 Å². The van der Waals surface area contributed by atoms with E-state index in [-0.39, 0.29) is 23.3 Å². The molecule has 2 amide bonds. The molecule has 0 radical (unpaired) electrons. The van der Waals surface area contributed by atoms with Crippen LogP contribution in [0.3, 0.4) is 0 Å². The molecule has 0 saturated carbocycles. The molecule has 0 aliphatic carbocycles. The normalized spacial score (nSPS) is 22.6. The summed E-state index contributed by atoms with van der Waals surface area (Å²) in [5.41, 5.74) is -0.0734. The SMILES string of the molecule is C[C@H](NC1=NC(=O)C(C)(CC2CCN(C(=O)c3ccoc3)CC2)S1)c1ccccc1C(F)(F)F. The Labute approximate surface area is 200 Å². The van der Waals surface area contributed by atoms with E-state index >= 15 is 0 Å². The van der Waals surface area contributed by atoms with E-state index in [1.807, 2.05) is 6.92 Å². The Morgan fingerprint density at radius 1 is 1.29 bits per heavy atom. The van der Waals surface area contributed by atoms with Crippen molar-refractivity contribution in [1.29, 1.82) is 0 Å². The topological polar surface area (TPSA) is 74.9 Å². The van der Waals surface area contributed by atoms with Crippen molar-refractivity contribution in [2.45, 2.75) is 50.1 Å². The summed E-state index contributed by atoms with van der Waals surface area (Å²) >= 11 is 1.27. The van der Waals surface area contributed by atoms with E-state index in [0.717, 1.165) is 18.9 Å². The van der Waals surface area contributed by atoms with E-state index in [1.165, 1.54) is 36.4 Å². The fourth-order valence-electron chi connectivity index (χ4n) is 4.54. The quantitative estimate of drug-likeness (QED) is 0.614. The predicted octanol–water partition coefficient (Wildman–Crippen LogP) is 5.28. The number of nitrogens with zero attached hydrogens (tertiary/aromatic N) is 2. The van der Waals surface area contributed by atoms with Crippen LogP contribution in [0.4, 0.5) is 13.2 Å². The average Bonchev–Trinajstić information content (AvgIpc) is 3.42. The molecule has 1 N–H and O–H groups in total. The van der Waals surface area contributed by atoms with Crippen LogP contribution in [0, 0.1) is 5.92 Å². The van der Waals surface area contributed by atoms with Gasteiger partial charge < -0.3 is 14.6 Å². The maximum absolute atomic E-state index is 13.4. The Kier molecular flexibility index (Phi) is 6.80. The molecular formula is C24H26F3N3O3S. The van der Waals surface area contributed by atoms with Crippen molar-refractivity contribution < 1.29 is 27.2 Å². The van der Waals surface area contributed by atoms with Crippen molar-refractivity contribution in [2.75, 3.05) is 13.1 Å². The first-order chi connectivity index (χ1) is 16.1. The van der Waals surface area contributed by atoms with Crippen LogP contribution in [0.2, 0.25) is 0 Å². The van der Waals surface area contributed by atoms with E-state index in [2.05, 4.69) is 10.3 Å². The number of benzene rings is 1. The van der Waals surface area contributed by atoms with Gasteiger partial charge in [0.2, 0.25) is 0 Å². The Balaban J connectivity index is 1.34. The lowest BCUT2D eigenvalue weighted by Crippen LogP contribution is -2.40. The second-order valence-electron chi connectivity index (χ2n) is 8.96. The van der Waals surface area contributed by atoms with Gasteiger partial charge in [-0.1, -0.05) is 30.0 Å². The number of alkyl halides is 3. The number of rotatable bonds is 5. The fourth-order valence-corrected chi connectivity index (χ4v) is 5.78. The molecule has 1 aromatic heterocycles. The molecule has 1 fully saturated rings. The van der Waals surface area contributed by atoms with Crippen LogP contribution < -0.4 is 5.32 Å². The molecule has 10 heteroatoms. The molecule has 1 aromatic carbocycles. The molecule has 4 rings (SSSR count). The molecule has 1 unspecified atom stereocenters. The van der Waals surface area contributed by atoms with Crippen LogP contribution in [-0.2, 0) is 11.0 Å². The molecule has 34 heavy (non-hydrogen) atoms. The largest absolute Gasteiger partial charge is 0.472 e. The highest BCUT2D eigenvalue weighted by Crippen LogP contribution is 2.42. The summed E-state index contributed by atoms with van der Waals surface area (Å²) in [6, 6.07) is 6.37. The Hall–Kier alpha value is -2.75. The van der Waals surface area contributed by atoms with Gasteiger partial charge in [-0.05, 0) is 56.7 Å². The van der Waals surface area contributed by atoms with E-state index in [4.69, 9.17) is 4.42 Å². The minimum atomic E-state index is -4.46. The van der Waals surface area contributed by atoms with Crippen molar-refractivity contribution in [2.24, 2.45) is 10.9 Å². The third-order valence-electron chi connectivity index (χ3n) is 6.40. The van der Waals surface area contributed by atoms with Crippen molar-refractivity contribution in [3.05, 3.63) is 59.5 Å². The predicted molar refractivity (Wildman–Crippen MR) is 123 cm³/mol. The van der Waals surface area contributed by atoms with Crippen LogP contribution in [0.25, 0.3) is 0 Å². The number of amidine groups is 1. The van der Waals surface area contributed by atoms with Crippen LogP contribution in [0.5, 0.6) is 0 Å². The number of piperidine rings is 1. The van der Waals surface area contributed by atoms with Gasteiger partial charge in [-0.15, -0.1) is 0 Å². The summed E-state index contributed by atoms with van der Waals surface area (Å²) in [6.07, 6.45) is 0.569. The van der Waals surface area contributed by atoms with Crippen molar-refractivity contribution in [1.82, 2.24) is 10.2 Å². The monoisotopic (exact) mass is 493 g/mol. The first kappa shape index (κ1) is 24.4. The molecule has 182 valence electrons. The van der Waals surface area contributed by atoms with Crippen LogP contribution in [0.1, 0.15) is 60.6 Å². The third-order valence-corrected chi connectivity index (χ3v) is 7.59. The molecule has 2 aliphatic heterocycles. The number of amides is 2. The first-order valence-corrected chi connectivity index (χ1v) is 11.9. The van der Waals surface area contributed by atoms with E-state index in [1.54, 1.807) is 24.0 Å². The third kappa shape index (κ3) is 5.16. The molecule has 2 atom stereocenters. The number of aliphatic imine (C=N–C) groups is 1. The highest BCUT2D eigenvalue weighted by atomic mass is 32.2. The zero-order chi connectivity index (χ0) is 24.5. The van der Waals surface area contributed by atoms with Gasteiger partial charge in [0.15, 0.2) is 5.17 Å². The number of hydrogen-bond acceptors (Lipinski definition) is 5. The number of furan rings is 1. The number of nitrogens with one attached hydrogen (secondary N) is 1. The number of halogens is 3. The zero-order valence-electron chi connectivity index (χ0n) is 18.9. The number of thioether (sulfide) groups is 1. The lowest BCUT2D eigenvalue weighted by molar-refractivity contribution is -0.138.